The van der Waals surface area contributed by atoms with Crippen molar-refractivity contribution in [3.63, 3.8) is 0 Å². The molecule has 0 aromatic heterocycles. The number of benzene rings is 1. The van der Waals surface area contributed by atoms with Crippen LogP contribution in [-0.2, 0) is 10.4 Å². The molecule has 1 aliphatic rings. The van der Waals surface area contributed by atoms with Gasteiger partial charge in [0.25, 0.3) is 0 Å². The first kappa shape index (κ1) is 11.8. The fourth-order valence-electron chi connectivity index (χ4n) is 2.12. The Morgan fingerprint density at radius 2 is 2.35 bits per heavy atom. The molecule has 0 aliphatic carbocycles. The maximum absolute atomic E-state index is 13.1. The number of halogens is 1. The number of aliphatic hydroxyl groups is 1. The summed E-state index contributed by atoms with van der Waals surface area (Å²) in [5.74, 6) is -0.596. The molecule has 1 heterocycles. The van der Waals surface area contributed by atoms with E-state index in [1.807, 2.05) is 0 Å². The molecule has 0 saturated carbocycles. The minimum absolute atomic E-state index is 0.182. The van der Waals surface area contributed by atoms with Gasteiger partial charge in [-0.2, -0.15) is 0 Å². The van der Waals surface area contributed by atoms with E-state index in [2.05, 4.69) is 6.58 Å². The summed E-state index contributed by atoms with van der Waals surface area (Å²) < 4.78 is 13.1. The first-order valence-corrected chi connectivity index (χ1v) is 5.45. The Balaban J connectivity index is 2.22. The van der Waals surface area contributed by atoms with E-state index in [1.54, 1.807) is 12.1 Å². The van der Waals surface area contributed by atoms with Crippen molar-refractivity contribution in [3.05, 3.63) is 48.3 Å². The van der Waals surface area contributed by atoms with Gasteiger partial charge in [0.15, 0.2) is 0 Å². The van der Waals surface area contributed by atoms with Crippen LogP contribution in [0.15, 0.2) is 36.9 Å². The molecule has 0 spiro atoms. The van der Waals surface area contributed by atoms with Crippen molar-refractivity contribution in [3.8, 4) is 0 Å². The second-order valence-electron chi connectivity index (χ2n) is 4.26. The zero-order valence-corrected chi connectivity index (χ0v) is 9.40. The van der Waals surface area contributed by atoms with Gasteiger partial charge in [-0.25, -0.2) is 4.39 Å². The third kappa shape index (κ3) is 2.22. The van der Waals surface area contributed by atoms with Gasteiger partial charge < -0.3 is 10.0 Å². The van der Waals surface area contributed by atoms with Crippen LogP contribution in [0.2, 0.25) is 0 Å². The van der Waals surface area contributed by atoms with Gasteiger partial charge >= 0.3 is 0 Å². The van der Waals surface area contributed by atoms with E-state index in [1.165, 1.54) is 23.1 Å². The van der Waals surface area contributed by atoms with Gasteiger partial charge in [-0.1, -0.05) is 18.7 Å². The third-order valence-corrected chi connectivity index (χ3v) is 3.10. The maximum Gasteiger partial charge on any atom is 0.246 e. The van der Waals surface area contributed by atoms with E-state index >= 15 is 0 Å². The van der Waals surface area contributed by atoms with Gasteiger partial charge in [-0.05, 0) is 30.2 Å². The number of hydrogen-bond donors (Lipinski definition) is 1. The van der Waals surface area contributed by atoms with Crippen LogP contribution in [0.4, 0.5) is 4.39 Å². The summed E-state index contributed by atoms with van der Waals surface area (Å²) in [6.07, 6.45) is 1.63. The van der Waals surface area contributed by atoms with Crippen molar-refractivity contribution in [2.24, 2.45) is 0 Å². The van der Waals surface area contributed by atoms with Crippen molar-refractivity contribution in [1.82, 2.24) is 4.90 Å². The fraction of sp³-hybridized carbons (Fsp3) is 0.308. The molecular weight excluding hydrogens is 221 g/mol. The van der Waals surface area contributed by atoms with Crippen LogP contribution in [0.3, 0.4) is 0 Å². The molecule has 17 heavy (non-hydrogen) atoms. The Morgan fingerprint density at radius 3 is 3.00 bits per heavy atom. The Hall–Kier alpha value is -1.68. The highest BCUT2D eigenvalue weighted by atomic mass is 19.1. The predicted molar refractivity (Wildman–Crippen MR) is 61.7 cm³/mol. The largest absolute Gasteiger partial charge is 0.383 e. The summed E-state index contributed by atoms with van der Waals surface area (Å²) in [5, 5.41) is 10.4. The van der Waals surface area contributed by atoms with Crippen LogP contribution in [0, 0.1) is 5.82 Å². The van der Waals surface area contributed by atoms with E-state index in [4.69, 9.17) is 0 Å². The Morgan fingerprint density at radius 1 is 1.59 bits per heavy atom. The zero-order chi connectivity index (χ0) is 12.5. The number of likely N-dealkylation sites (tertiary alicyclic amines) is 1. The molecule has 1 aliphatic heterocycles. The average Bonchev–Trinajstić information content (AvgIpc) is 2.72. The summed E-state index contributed by atoms with van der Waals surface area (Å²) in [6.45, 7) is 4.05. The van der Waals surface area contributed by atoms with Crippen molar-refractivity contribution < 1.29 is 14.3 Å². The van der Waals surface area contributed by atoms with Crippen molar-refractivity contribution in [2.45, 2.75) is 12.0 Å². The molecule has 2 rings (SSSR count). The van der Waals surface area contributed by atoms with Gasteiger partial charge in [0.05, 0.1) is 6.54 Å². The Labute approximate surface area is 99.2 Å². The van der Waals surface area contributed by atoms with Crippen molar-refractivity contribution in [1.29, 1.82) is 0 Å². The van der Waals surface area contributed by atoms with Crippen LogP contribution >= 0.6 is 0 Å². The first-order chi connectivity index (χ1) is 8.05. The summed E-state index contributed by atoms with van der Waals surface area (Å²) in [7, 11) is 0. The van der Waals surface area contributed by atoms with Gasteiger partial charge in [-0.3, -0.25) is 4.79 Å². The highest BCUT2D eigenvalue weighted by Crippen LogP contribution is 2.32. The molecule has 1 aromatic rings. The molecule has 0 bridgehead atoms. The highest BCUT2D eigenvalue weighted by molar-refractivity contribution is 5.87. The number of nitrogens with zero attached hydrogens (tertiary/aromatic N) is 1. The number of rotatable bonds is 2. The summed E-state index contributed by atoms with van der Waals surface area (Å²) in [4.78, 5) is 12.9. The SMILES string of the molecule is C=CC(=O)N1CCC(O)(c2cccc(F)c2)C1. The molecule has 1 aromatic carbocycles. The minimum Gasteiger partial charge on any atom is -0.383 e. The normalized spacial score (nSPS) is 23.8. The van der Waals surface area contributed by atoms with Gasteiger partial charge in [0.1, 0.15) is 11.4 Å². The lowest BCUT2D eigenvalue weighted by atomic mass is 9.93. The lowest BCUT2D eigenvalue weighted by Crippen LogP contribution is -2.33. The number of hydrogen-bond acceptors (Lipinski definition) is 2. The quantitative estimate of drug-likeness (QED) is 0.788. The number of carbonyl (C=O) groups excluding carboxylic acids is 1. The molecule has 3 nitrogen and oxygen atoms in total. The molecule has 1 N–H and O–H groups in total. The van der Waals surface area contributed by atoms with Crippen LogP contribution in [0.25, 0.3) is 0 Å². The van der Waals surface area contributed by atoms with E-state index in [-0.39, 0.29) is 18.3 Å². The monoisotopic (exact) mass is 235 g/mol. The molecule has 1 unspecified atom stereocenters. The smallest absolute Gasteiger partial charge is 0.246 e. The number of carbonyl (C=O) groups is 1. The molecule has 1 atom stereocenters. The molecular formula is C13H14FNO2. The lowest BCUT2D eigenvalue weighted by molar-refractivity contribution is -0.126. The predicted octanol–water partition coefficient (Wildman–Crippen LogP) is 1.43. The Kier molecular flexibility index (Phi) is 2.98. The fourth-order valence-corrected chi connectivity index (χ4v) is 2.12. The Bertz CT molecular complexity index is 460. The standard InChI is InChI=1S/C13H14FNO2/c1-2-12(16)15-7-6-13(17,9-15)10-4-3-5-11(14)8-10/h2-5,8,17H,1,6-7,9H2. The topological polar surface area (TPSA) is 40.5 Å². The van der Waals surface area contributed by atoms with Crippen molar-refractivity contribution >= 4 is 5.91 Å². The van der Waals surface area contributed by atoms with E-state index in [0.717, 1.165) is 0 Å². The summed E-state index contributed by atoms with van der Waals surface area (Å²) in [5.41, 5.74) is -0.641. The lowest BCUT2D eigenvalue weighted by Gasteiger charge is -2.23. The molecule has 1 saturated heterocycles. The maximum atomic E-state index is 13.1. The molecule has 90 valence electrons. The van der Waals surface area contributed by atoms with E-state index in [0.29, 0.717) is 18.5 Å². The summed E-state index contributed by atoms with van der Waals surface area (Å²) >= 11 is 0. The zero-order valence-electron chi connectivity index (χ0n) is 9.40. The number of β-amino-alcohol motifs (C(OH)–C–C–N with tert-alkyl or cyclic N) is 1. The summed E-state index contributed by atoms with van der Waals surface area (Å²) in [6, 6.07) is 5.86. The number of amides is 1. The van der Waals surface area contributed by atoms with E-state index in [9.17, 15) is 14.3 Å². The molecule has 4 heteroatoms. The molecule has 1 fully saturated rings. The minimum atomic E-state index is -1.15. The first-order valence-electron chi connectivity index (χ1n) is 5.45. The third-order valence-electron chi connectivity index (χ3n) is 3.10. The van der Waals surface area contributed by atoms with Crippen LogP contribution in [-0.4, -0.2) is 29.0 Å². The van der Waals surface area contributed by atoms with Crippen molar-refractivity contribution in [2.75, 3.05) is 13.1 Å². The van der Waals surface area contributed by atoms with Crippen LogP contribution in [0.5, 0.6) is 0 Å². The average molecular weight is 235 g/mol. The van der Waals surface area contributed by atoms with Gasteiger partial charge in [0, 0.05) is 6.54 Å². The van der Waals surface area contributed by atoms with E-state index < -0.39 is 5.60 Å². The second kappa shape index (κ2) is 4.30. The molecule has 1 amide bonds. The van der Waals surface area contributed by atoms with Crippen LogP contribution < -0.4 is 0 Å². The molecule has 0 radical (unpaired) electrons. The van der Waals surface area contributed by atoms with Gasteiger partial charge in [-0.15, -0.1) is 0 Å². The van der Waals surface area contributed by atoms with Crippen LogP contribution in [0.1, 0.15) is 12.0 Å². The second-order valence-corrected chi connectivity index (χ2v) is 4.26. The van der Waals surface area contributed by atoms with Gasteiger partial charge in [0.2, 0.25) is 5.91 Å². The highest BCUT2D eigenvalue weighted by Gasteiger charge is 2.39.